The van der Waals surface area contributed by atoms with E-state index in [2.05, 4.69) is 43.6 Å². The van der Waals surface area contributed by atoms with Crippen LogP contribution in [0.3, 0.4) is 0 Å². The maximum Gasteiger partial charge on any atom is 0.246 e. The van der Waals surface area contributed by atoms with Crippen LogP contribution in [0.1, 0.15) is 37.7 Å². The van der Waals surface area contributed by atoms with Gasteiger partial charge in [0, 0.05) is 35.8 Å². The number of carbonyl (C=O) groups is 3. The van der Waals surface area contributed by atoms with Gasteiger partial charge < -0.3 is 25.2 Å². The Bertz CT molecular complexity index is 1310. The Morgan fingerprint density at radius 1 is 1.05 bits per heavy atom. The number of fused-ring (bicyclic) bond motifs is 1. The van der Waals surface area contributed by atoms with Crippen LogP contribution in [0, 0.1) is 11.8 Å². The van der Waals surface area contributed by atoms with Crippen molar-refractivity contribution in [1.29, 1.82) is 0 Å². The summed E-state index contributed by atoms with van der Waals surface area (Å²) >= 11 is 3.42. The van der Waals surface area contributed by atoms with Crippen LogP contribution in [0.25, 0.3) is 0 Å². The fourth-order valence-electron chi connectivity index (χ4n) is 7.05. The summed E-state index contributed by atoms with van der Waals surface area (Å²) in [5, 5.41) is 6.23. The van der Waals surface area contributed by atoms with Crippen molar-refractivity contribution in [1.82, 2.24) is 15.1 Å². The van der Waals surface area contributed by atoms with Crippen LogP contribution in [-0.2, 0) is 25.7 Å². The highest BCUT2D eigenvalue weighted by atomic mass is 79.9. The lowest BCUT2D eigenvalue weighted by atomic mass is 9.74. The van der Waals surface area contributed by atoms with Gasteiger partial charge in [-0.05, 0) is 49.7 Å². The van der Waals surface area contributed by atoms with E-state index in [-0.39, 0.29) is 23.8 Å². The van der Waals surface area contributed by atoms with Crippen molar-refractivity contribution in [3.8, 4) is 0 Å². The van der Waals surface area contributed by atoms with Crippen LogP contribution in [0.2, 0.25) is 0 Å². The van der Waals surface area contributed by atoms with Crippen LogP contribution in [0.15, 0.2) is 71.2 Å². The van der Waals surface area contributed by atoms with E-state index in [4.69, 9.17) is 4.74 Å². The average molecular weight is 622 g/mol. The molecule has 4 aliphatic rings. The molecule has 8 nitrogen and oxygen atoms in total. The molecular weight excluding hydrogens is 584 g/mol. The first kappa shape index (κ1) is 28.1. The highest BCUT2D eigenvalue weighted by Crippen LogP contribution is 2.55. The molecule has 2 saturated heterocycles. The molecule has 3 fully saturated rings. The Hall–Kier alpha value is -3.01. The first-order chi connectivity index (χ1) is 19.9. The highest BCUT2D eigenvalue weighted by molar-refractivity contribution is 9.10. The van der Waals surface area contributed by atoms with Crippen LogP contribution in [0.5, 0.6) is 0 Å². The van der Waals surface area contributed by atoms with E-state index in [0.29, 0.717) is 18.8 Å². The number of likely N-dealkylation sites (N-methyl/N-ethyl adjacent to an activating group) is 1. The van der Waals surface area contributed by atoms with Gasteiger partial charge in [0.2, 0.25) is 17.7 Å². The van der Waals surface area contributed by atoms with Crippen molar-refractivity contribution >= 4 is 39.3 Å². The Balaban J connectivity index is 1.24. The molecule has 1 aliphatic carbocycles. The van der Waals surface area contributed by atoms with Gasteiger partial charge in [-0.25, -0.2) is 0 Å². The first-order valence-electron chi connectivity index (χ1n) is 14.6. The zero-order chi connectivity index (χ0) is 28.6. The zero-order valence-corrected chi connectivity index (χ0v) is 24.9. The molecule has 2 aromatic carbocycles. The maximum atomic E-state index is 14.2. The Morgan fingerprint density at radius 3 is 2.51 bits per heavy atom. The van der Waals surface area contributed by atoms with Crippen molar-refractivity contribution in [3.05, 3.63) is 76.8 Å². The van der Waals surface area contributed by atoms with E-state index in [0.717, 1.165) is 36.7 Å². The van der Waals surface area contributed by atoms with Crippen LogP contribution in [0.4, 0.5) is 5.69 Å². The van der Waals surface area contributed by atoms with Crippen LogP contribution < -0.4 is 10.6 Å². The Labute approximate surface area is 249 Å². The largest absolute Gasteiger partial charge is 0.359 e. The Morgan fingerprint density at radius 2 is 1.78 bits per heavy atom. The molecule has 5 atom stereocenters. The lowest BCUT2D eigenvalue weighted by Gasteiger charge is -2.34. The van der Waals surface area contributed by atoms with Crippen molar-refractivity contribution in [2.45, 2.75) is 62.4 Å². The van der Waals surface area contributed by atoms with E-state index in [1.54, 1.807) is 4.90 Å². The second-order valence-corrected chi connectivity index (χ2v) is 12.7. The van der Waals surface area contributed by atoms with Gasteiger partial charge >= 0.3 is 0 Å². The lowest BCUT2D eigenvalue weighted by molar-refractivity contribution is -0.141. The second-order valence-electron chi connectivity index (χ2n) is 11.8. The predicted molar refractivity (Wildman–Crippen MR) is 160 cm³/mol. The number of halogens is 1. The molecule has 3 heterocycles. The SMILES string of the molecule is CN(CCN1C(=O)[C@@H]2[C@H](C(=O)Nc3ccc(Br)cc3)[C@@H]3C=C[C@@]2(O3)[C@H]1C(=O)NC1CCCCC1)Cc1ccccc1. The average Bonchev–Trinajstić information content (AvgIpc) is 3.61. The Kier molecular flexibility index (Phi) is 8.03. The van der Waals surface area contributed by atoms with Crippen LogP contribution in [-0.4, -0.2) is 71.4 Å². The molecule has 0 unspecified atom stereocenters. The van der Waals surface area contributed by atoms with Gasteiger partial charge in [0.25, 0.3) is 0 Å². The van der Waals surface area contributed by atoms with Gasteiger partial charge in [0.1, 0.15) is 11.6 Å². The van der Waals surface area contributed by atoms with E-state index < -0.39 is 29.6 Å². The predicted octanol–water partition coefficient (Wildman–Crippen LogP) is 4.12. The number of benzene rings is 2. The van der Waals surface area contributed by atoms with E-state index >= 15 is 0 Å². The summed E-state index contributed by atoms with van der Waals surface area (Å²) in [6.45, 7) is 1.68. The molecule has 2 bridgehead atoms. The topological polar surface area (TPSA) is 91.0 Å². The van der Waals surface area contributed by atoms with Crippen LogP contribution >= 0.6 is 15.9 Å². The minimum atomic E-state index is -1.15. The van der Waals surface area contributed by atoms with Crippen molar-refractivity contribution in [2.24, 2.45) is 11.8 Å². The highest BCUT2D eigenvalue weighted by Gasteiger charge is 2.72. The molecule has 3 aliphatic heterocycles. The monoisotopic (exact) mass is 620 g/mol. The summed E-state index contributed by atoms with van der Waals surface area (Å²) in [4.78, 5) is 45.6. The number of hydrogen-bond acceptors (Lipinski definition) is 5. The fraction of sp³-hybridized carbons (Fsp3) is 0.469. The number of likely N-dealkylation sites (tertiary alicyclic amines) is 1. The minimum absolute atomic E-state index is 0.100. The standard InChI is InChI=1S/C32H37BrN4O4/c1-36(20-21-8-4-2-5-9-21)18-19-37-28(30(39)35-23-10-6-3-7-11-23)32-17-16-25(41-32)26(27(32)31(37)40)29(38)34-24-14-12-22(33)13-15-24/h2,4-5,8-9,12-17,23,25-28H,3,6-7,10-11,18-20H2,1H3,(H,34,38)(H,35,39)/t25-,26+,27-,28+,32-/m0/s1. The summed E-state index contributed by atoms with van der Waals surface area (Å²) < 4.78 is 7.39. The summed E-state index contributed by atoms with van der Waals surface area (Å²) in [6.07, 6.45) is 8.44. The maximum absolute atomic E-state index is 14.2. The number of anilines is 1. The summed E-state index contributed by atoms with van der Waals surface area (Å²) in [5.41, 5.74) is 0.676. The molecule has 3 amide bonds. The van der Waals surface area contributed by atoms with Gasteiger partial charge in [0.15, 0.2) is 0 Å². The normalized spacial score (nSPS) is 28.8. The number of nitrogens with one attached hydrogen (secondary N) is 2. The van der Waals surface area contributed by atoms with E-state index in [1.807, 2.05) is 61.7 Å². The molecule has 2 aromatic rings. The molecule has 1 spiro atoms. The van der Waals surface area contributed by atoms with Gasteiger partial charge in [-0.2, -0.15) is 0 Å². The quantitative estimate of drug-likeness (QED) is 0.412. The minimum Gasteiger partial charge on any atom is -0.359 e. The molecule has 9 heteroatoms. The molecule has 216 valence electrons. The molecule has 2 N–H and O–H groups in total. The second kappa shape index (κ2) is 11.7. The zero-order valence-electron chi connectivity index (χ0n) is 23.3. The number of hydrogen-bond donors (Lipinski definition) is 2. The summed E-state index contributed by atoms with van der Waals surface area (Å²) in [6, 6.07) is 16.8. The van der Waals surface area contributed by atoms with E-state index in [9.17, 15) is 14.4 Å². The summed E-state index contributed by atoms with van der Waals surface area (Å²) in [5.74, 6) is -2.11. The third-order valence-electron chi connectivity index (χ3n) is 9.01. The molecule has 41 heavy (non-hydrogen) atoms. The number of carbonyl (C=O) groups excluding carboxylic acids is 3. The molecule has 1 saturated carbocycles. The third kappa shape index (κ3) is 5.47. The third-order valence-corrected chi connectivity index (χ3v) is 9.53. The van der Waals surface area contributed by atoms with Gasteiger partial charge in [-0.1, -0.05) is 77.7 Å². The molecule has 0 aromatic heterocycles. The number of rotatable bonds is 9. The number of amides is 3. The molecule has 6 rings (SSSR count). The lowest BCUT2D eigenvalue weighted by Crippen LogP contribution is -2.57. The smallest absolute Gasteiger partial charge is 0.246 e. The van der Waals surface area contributed by atoms with Crippen molar-refractivity contribution in [2.75, 3.05) is 25.5 Å². The number of nitrogens with zero attached hydrogens (tertiary/aromatic N) is 2. The van der Waals surface area contributed by atoms with Crippen molar-refractivity contribution in [3.63, 3.8) is 0 Å². The molecular formula is C32H37BrN4O4. The van der Waals surface area contributed by atoms with Crippen molar-refractivity contribution < 1.29 is 19.1 Å². The van der Waals surface area contributed by atoms with Gasteiger partial charge in [-0.15, -0.1) is 0 Å². The molecule has 0 radical (unpaired) electrons. The first-order valence-corrected chi connectivity index (χ1v) is 15.4. The van der Waals surface area contributed by atoms with E-state index in [1.165, 1.54) is 12.0 Å². The van der Waals surface area contributed by atoms with Gasteiger partial charge in [-0.3, -0.25) is 14.4 Å². The summed E-state index contributed by atoms with van der Waals surface area (Å²) in [7, 11) is 2.01. The van der Waals surface area contributed by atoms with Gasteiger partial charge in [0.05, 0.1) is 17.9 Å². The fourth-order valence-corrected chi connectivity index (χ4v) is 7.31. The number of ether oxygens (including phenoxy) is 1.